The molecule has 0 atom stereocenters. The van der Waals surface area contributed by atoms with E-state index in [0.717, 1.165) is 24.9 Å². The maximum Gasteiger partial charge on any atom is 0.241 e. The molecule has 114 valence electrons. The third-order valence-corrected chi connectivity index (χ3v) is 4.33. The molecular formula is C13H18N4O3S. The Bertz CT molecular complexity index is 656. The van der Waals surface area contributed by atoms with E-state index in [2.05, 4.69) is 31.6 Å². The third kappa shape index (κ3) is 4.35. The number of nitrogens with zero attached hydrogens (tertiary/aromatic N) is 2. The molecule has 0 fully saturated rings. The lowest BCUT2D eigenvalue weighted by Crippen LogP contribution is -2.26. The molecule has 8 heteroatoms. The molecule has 0 saturated carbocycles. The Morgan fingerprint density at radius 1 is 1.24 bits per heavy atom. The van der Waals surface area contributed by atoms with E-state index in [0.29, 0.717) is 12.4 Å². The number of sulfonamides is 1. The quantitative estimate of drug-likeness (QED) is 0.707. The SMILES string of the molecule is CCCNCc1ccccc1S(=O)(=O)NCc1ncon1. The van der Waals surface area contributed by atoms with Crippen LogP contribution in [0.1, 0.15) is 24.7 Å². The smallest absolute Gasteiger partial charge is 0.241 e. The van der Waals surface area contributed by atoms with Crippen molar-refractivity contribution >= 4 is 10.0 Å². The summed E-state index contributed by atoms with van der Waals surface area (Å²) in [6.45, 7) is 3.40. The zero-order chi connectivity index (χ0) is 15.1. The molecule has 7 nitrogen and oxygen atoms in total. The molecule has 0 amide bonds. The maximum absolute atomic E-state index is 12.4. The van der Waals surface area contributed by atoms with Crippen LogP contribution in [0.15, 0.2) is 40.1 Å². The number of aromatic nitrogens is 2. The van der Waals surface area contributed by atoms with Crippen molar-refractivity contribution in [1.29, 1.82) is 0 Å². The Hall–Kier alpha value is -1.77. The van der Waals surface area contributed by atoms with E-state index in [-0.39, 0.29) is 11.4 Å². The fourth-order valence-corrected chi connectivity index (χ4v) is 3.04. The number of benzene rings is 1. The van der Waals surface area contributed by atoms with E-state index < -0.39 is 10.0 Å². The Kier molecular flexibility index (Phi) is 5.43. The normalized spacial score (nSPS) is 11.7. The minimum absolute atomic E-state index is 0.00441. The van der Waals surface area contributed by atoms with Crippen LogP contribution >= 0.6 is 0 Å². The van der Waals surface area contributed by atoms with Gasteiger partial charge < -0.3 is 9.84 Å². The van der Waals surface area contributed by atoms with Gasteiger partial charge >= 0.3 is 0 Å². The molecule has 0 aliphatic rings. The van der Waals surface area contributed by atoms with Crippen molar-refractivity contribution < 1.29 is 12.9 Å². The summed E-state index contributed by atoms with van der Waals surface area (Å²) in [6, 6.07) is 6.90. The minimum atomic E-state index is -3.62. The molecular weight excluding hydrogens is 292 g/mol. The van der Waals surface area contributed by atoms with Gasteiger partial charge in [0.15, 0.2) is 5.82 Å². The largest absolute Gasteiger partial charge is 0.343 e. The number of rotatable bonds is 8. The van der Waals surface area contributed by atoms with Crippen molar-refractivity contribution in [2.45, 2.75) is 31.3 Å². The first-order valence-electron chi connectivity index (χ1n) is 6.67. The van der Waals surface area contributed by atoms with Gasteiger partial charge in [-0.25, -0.2) is 13.1 Å². The summed E-state index contributed by atoms with van der Waals surface area (Å²) in [4.78, 5) is 4.04. The lowest BCUT2D eigenvalue weighted by Gasteiger charge is -2.11. The molecule has 0 radical (unpaired) electrons. The van der Waals surface area contributed by atoms with Crippen molar-refractivity contribution in [1.82, 2.24) is 20.2 Å². The van der Waals surface area contributed by atoms with Crippen molar-refractivity contribution in [2.75, 3.05) is 6.54 Å². The Morgan fingerprint density at radius 2 is 2.05 bits per heavy atom. The second kappa shape index (κ2) is 7.30. The molecule has 1 aromatic carbocycles. The van der Waals surface area contributed by atoms with Crippen LogP contribution in [0.4, 0.5) is 0 Å². The molecule has 0 unspecified atom stereocenters. The summed E-state index contributed by atoms with van der Waals surface area (Å²) >= 11 is 0. The first kappa shape index (κ1) is 15.6. The Labute approximate surface area is 123 Å². The zero-order valence-corrected chi connectivity index (χ0v) is 12.6. The molecule has 21 heavy (non-hydrogen) atoms. The van der Waals surface area contributed by atoms with Gasteiger partial charge in [0.1, 0.15) is 0 Å². The van der Waals surface area contributed by atoms with Crippen LogP contribution in [0.5, 0.6) is 0 Å². The molecule has 1 aromatic heterocycles. The number of hydrogen-bond acceptors (Lipinski definition) is 6. The topological polar surface area (TPSA) is 97.1 Å². The highest BCUT2D eigenvalue weighted by Crippen LogP contribution is 2.15. The fourth-order valence-electron chi connectivity index (χ4n) is 1.82. The van der Waals surface area contributed by atoms with Crippen LogP contribution in [0.3, 0.4) is 0 Å². The van der Waals surface area contributed by atoms with E-state index in [1.54, 1.807) is 18.2 Å². The second-order valence-electron chi connectivity index (χ2n) is 4.46. The highest BCUT2D eigenvalue weighted by Gasteiger charge is 2.18. The van der Waals surface area contributed by atoms with Crippen LogP contribution in [-0.4, -0.2) is 25.1 Å². The highest BCUT2D eigenvalue weighted by molar-refractivity contribution is 7.89. The zero-order valence-electron chi connectivity index (χ0n) is 11.7. The average Bonchev–Trinajstić information content (AvgIpc) is 2.99. The van der Waals surface area contributed by atoms with E-state index in [4.69, 9.17) is 0 Å². The summed E-state index contributed by atoms with van der Waals surface area (Å²) in [5, 5.41) is 6.77. The summed E-state index contributed by atoms with van der Waals surface area (Å²) in [5.74, 6) is 0.292. The van der Waals surface area contributed by atoms with Crippen LogP contribution in [0.25, 0.3) is 0 Å². The highest BCUT2D eigenvalue weighted by atomic mass is 32.2. The summed E-state index contributed by atoms with van der Waals surface area (Å²) in [5.41, 5.74) is 0.728. The van der Waals surface area contributed by atoms with Crippen molar-refractivity contribution in [3.05, 3.63) is 42.0 Å². The van der Waals surface area contributed by atoms with Crippen LogP contribution in [0, 0.1) is 0 Å². The predicted molar refractivity (Wildman–Crippen MR) is 76.8 cm³/mol. The molecule has 0 bridgehead atoms. The van der Waals surface area contributed by atoms with Crippen LogP contribution in [-0.2, 0) is 23.1 Å². The summed E-state index contributed by atoms with van der Waals surface area (Å²) < 4.78 is 31.7. The van der Waals surface area contributed by atoms with Crippen LogP contribution < -0.4 is 10.0 Å². The lowest BCUT2D eigenvalue weighted by atomic mass is 10.2. The van der Waals surface area contributed by atoms with Gasteiger partial charge in [0.2, 0.25) is 16.4 Å². The van der Waals surface area contributed by atoms with Gasteiger partial charge in [0.25, 0.3) is 0 Å². The van der Waals surface area contributed by atoms with E-state index in [9.17, 15) is 8.42 Å². The molecule has 2 aromatic rings. The number of hydrogen-bond donors (Lipinski definition) is 2. The predicted octanol–water partition coefficient (Wildman–Crippen LogP) is 1.05. The van der Waals surface area contributed by atoms with Crippen molar-refractivity contribution in [2.24, 2.45) is 0 Å². The Morgan fingerprint density at radius 3 is 2.76 bits per heavy atom. The van der Waals surface area contributed by atoms with E-state index in [1.165, 1.54) is 0 Å². The van der Waals surface area contributed by atoms with Gasteiger partial charge in [-0.2, -0.15) is 4.98 Å². The first-order chi connectivity index (χ1) is 10.1. The summed E-state index contributed by atoms with van der Waals surface area (Å²) in [7, 11) is -3.62. The van der Waals surface area contributed by atoms with E-state index in [1.807, 2.05) is 6.07 Å². The average molecular weight is 310 g/mol. The Balaban J connectivity index is 2.11. The first-order valence-corrected chi connectivity index (χ1v) is 8.15. The minimum Gasteiger partial charge on any atom is -0.343 e. The molecule has 0 aliphatic heterocycles. The van der Waals surface area contributed by atoms with Gasteiger partial charge in [0.05, 0.1) is 11.4 Å². The standard InChI is InChI=1S/C13H18N4O3S/c1-2-7-14-8-11-5-3-4-6-12(11)21(18,19)16-9-13-15-10-20-17-13/h3-6,10,14,16H,2,7-9H2,1H3. The molecule has 1 heterocycles. The molecule has 2 N–H and O–H groups in total. The van der Waals surface area contributed by atoms with Crippen LogP contribution in [0.2, 0.25) is 0 Å². The van der Waals surface area contributed by atoms with Gasteiger partial charge in [-0.15, -0.1) is 0 Å². The second-order valence-corrected chi connectivity index (χ2v) is 6.19. The lowest BCUT2D eigenvalue weighted by molar-refractivity contribution is 0.409. The van der Waals surface area contributed by atoms with E-state index >= 15 is 0 Å². The molecule has 0 saturated heterocycles. The maximum atomic E-state index is 12.4. The van der Waals surface area contributed by atoms with Gasteiger partial charge in [-0.3, -0.25) is 0 Å². The molecule has 0 aliphatic carbocycles. The number of nitrogens with one attached hydrogen (secondary N) is 2. The van der Waals surface area contributed by atoms with Gasteiger partial charge in [-0.05, 0) is 24.6 Å². The third-order valence-electron chi connectivity index (χ3n) is 2.83. The monoisotopic (exact) mass is 310 g/mol. The fraction of sp³-hybridized carbons (Fsp3) is 0.385. The van der Waals surface area contributed by atoms with Crippen molar-refractivity contribution in [3.8, 4) is 0 Å². The van der Waals surface area contributed by atoms with Gasteiger partial charge in [-0.1, -0.05) is 30.3 Å². The molecule has 2 rings (SSSR count). The van der Waals surface area contributed by atoms with Gasteiger partial charge in [0, 0.05) is 6.54 Å². The summed E-state index contributed by atoms with van der Waals surface area (Å²) in [6.07, 6.45) is 2.15. The molecule has 0 spiro atoms. The van der Waals surface area contributed by atoms with Crippen molar-refractivity contribution in [3.63, 3.8) is 0 Å².